The van der Waals surface area contributed by atoms with Crippen molar-refractivity contribution in [3.63, 3.8) is 0 Å². The normalized spacial score (nSPS) is 31.7. The third-order valence-corrected chi connectivity index (χ3v) is 6.97. The molecule has 2 rings (SSSR count). The Labute approximate surface area is 184 Å². The van der Waals surface area contributed by atoms with Crippen molar-refractivity contribution in [2.24, 2.45) is 29.6 Å². The van der Waals surface area contributed by atoms with Gasteiger partial charge in [0.15, 0.2) is 0 Å². The lowest BCUT2D eigenvalue weighted by Crippen LogP contribution is -2.43. The van der Waals surface area contributed by atoms with Crippen LogP contribution in [0.3, 0.4) is 0 Å². The Bertz CT molecular complexity index is 685. The first-order chi connectivity index (χ1) is 14.5. The Morgan fingerprint density at radius 2 is 1.94 bits per heavy atom. The third kappa shape index (κ3) is 6.64. The van der Waals surface area contributed by atoms with Gasteiger partial charge in [0.2, 0.25) is 0 Å². The van der Waals surface area contributed by atoms with Crippen molar-refractivity contribution in [2.75, 3.05) is 0 Å². The number of carbonyl (C=O) groups is 2. The minimum absolute atomic E-state index is 0.00289. The van der Waals surface area contributed by atoms with Gasteiger partial charge in [-0.2, -0.15) is 0 Å². The standard InChI is InChI=1S/C24H38O7/c1-5-13(2)24(30)31-21-12-18(26)10-16-7-6-14(3)19(22(16)21)9-8-17(25)11-20(27)15(4)23(28)29/h6-7,10,13-15,17-22,25-27H,5,8-9,11-12H2,1-4H3,(H,28,29)/t13-,14-,15?,17+,18+,19-,20+,21-,22-/m0/s1. The van der Waals surface area contributed by atoms with Crippen LogP contribution in [-0.4, -0.2) is 56.8 Å². The molecule has 0 heterocycles. The largest absolute Gasteiger partial charge is 0.481 e. The summed E-state index contributed by atoms with van der Waals surface area (Å²) in [6.45, 7) is 7.28. The van der Waals surface area contributed by atoms with Crippen molar-refractivity contribution >= 4 is 11.9 Å². The fraction of sp³-hybridized carbons (Fsp3) is 0.750. The number of aliphatic carboxylic acids is 1. The number of carboxylic acids is 1. The van der Waals surface area contributed by atoms with E-state index < -0.39 is 36.3 Å². The fourth-order valence-electron chi connectivity index (χ4n) is 4.57. The van der Waals surface area contributed by atoms with Crippen molar-refractivity contribution in [3.05, 3.63) is 23.8 Å². The van der Waals surface area contributed by atoms with Crippen molar-refractivity contribution < 1.29 is 34.8 Å². The molecule has 4 N–H and O–H groups in total. The van der Waals surface area contributed by atoms with Gasteiger partial charge >= 0.3 is 11.9 Å². The summed E-state index contributed by atoms with van der Waals surface area (Å²) >= 11 is 0. The van der Waals surface area contributed by atoms with Crippen LogP contribution in [0.25, 0.3) is 0 Å². The topological polar surface area (TPSA) is 124 Å². The smallest absolute Gasteiger partial charge is 0.308 e. The molecule has 0 saturated heterocycles. The number of aliphatic hydroxyl groups is 3. The maximum absolute atomic E-state index is 12.5. The second-order valence-electron chi connectivity index (χ2n) is 9.32. The number of aliphatic hydroxyl groups excluding tert-OH is 3. The molecule has 0 amide bonds. The molecule has 1 unspecified atom stereocenters. The van der Waals surface area contributed by atoms with Gasteiger partial charge in [-0.25, -0.2) is 0 Å². The zero-order valence-corrected chi connectivity index (χ0v) is 19.0. The van der Waals surface area contributed by atoms with E-state index in [0.29, 0.717) is 25.7 Å². The molecule has 0 aromatic heterocycles. The predicted molar refractivity (Wildman–Crippen MR) is 116 cm³/mol. The van der Waals surface area contributed by atoms with E-state index in [9.17, 15) is 24.9 Å². The minimum Gasteiger partial charge on any atom is -0.481 e. The Morgan fingerprint density at radius 3 is 2.55 bits per heavy atom. The maximum Gasteiger partial charge on any atom is 0.308 e. The molecule has 0 aromatic carbocycles. The van der Waals surface area contributed by atoms with Gasteiger partial charge < -0.3 is 25.2 Å². The summed E-state index contributed by atoms with van der Waals surface area (Å²) in [4.78, 5) is 23.5. The van der Waals surface area contributed by atoms with Crippen LogP contribution in [-0.2, 0) is 14.3 Å². The highest BCUT2D eigenvalue weighted by atomic mass is 16.5. The molecule has 7 nitrogen and oxygen atoms in total. The summed E-state index contributed by atoms with van der Waals surface area (Å²) < 4.78 is 5.85. The van der Waals surface area contributed by atoms with E-state index in [1.807, 2.05) is 26.0 Å². The van der Waals surface area contributed by atoms with Gasteiger partial charge in [-0.3, -0.25) is 9.59 Å². The highest BCUT2D eigenvalue weighted by Gasteiger charge is 2.42. The molecule has 0 aromatic rings. The molecule has 2 aliphatic rings. The number of rotatable bonds is 10. The SMILES string of the molecule is CC[C@H](C)C(=O)O[C@H]1C[C@H](O)C=C2C=C[C@H](C)[C@H](CC[C@@H](O)C[C@@H](O)C(C)C(=O)O)[C@H]21. The van der Waals surface area contributed by atoms with Crippen molar-refractivity contribution in [2.45, 2.75) is 84.2 Å². The van der Waals surface area contributed by atoms with E-state index in [2.05, 4.69) is 13.0 Å². The van der Waals surface area contributed by atoms with E-state index in [0.717, 1.165) is 5.57 Å². The summed E-state index contributed by atoms with van der Waals surface area (Å²) in [5, 5.41) is 39.7. The van der Waals surface area contributed by atoms with Crippen molar-refractivity contribution in [1.82, 2.24) is 0 Å². The van der Waals surface area contributed by atoms with E-state index in [1.165, 1.54) is 6.92 Å². The molecule has 0 saturated carbocycles. The number of hydrogen-bond acceptors (Lipinski definition) is 6. The van der Waals surface area contributed by atoms with Gasteiger partial charge in [0.1, 0.15) is 6.10 Å². The average molecular weight is 439 g/mol. The van der Waals surface area contributed by atoms with Crippen LogP contribution in [0.15, 0.2) is 23.8 Å². The molecule has 176 valence electrons. The van der Waals surface area contributed by atoms with E-state index in [-0.39, 0.29) is 36.1 Å². The van der Waals surface area contributed by atoms with Gasteiger partial charge in [-0.05, 0) is 43.6 Å². The predicted octanol–water partition coefficient (Wildman–Crippen LogP) is 2.69. The Balaban J connectivity index is 2.10. The Morgan fingerprint density at radius 1 is 1.26 bits per heavy atom. The number of ether oxygens (including phenoxy) is 1. The lowest BCUT2D eigenvalue weighted by molar-refractivity contribution is -0.159. The number of allylic oxidation sites excluding steroid dienone is 2. The highest BCUT2D eigenvalue weighted by Crippen LogP contribution is 2.44. The summed E-state index contributed by atoms with van der Waals surface area (Å²) in [5.74, 6) is -2.27. The zero-order chi connectivity index (χ0) is 23.3. The molecule has 0 fully saturated rings. The van der Waals surface area contributed by atoms with E-state index >= 15 is 0 Å². The number of carbonyl (C=O) groups excluding carboxylic acids is 1. The van der Waals surface area contributed by atoms with Crippen LogP contribution >= 0.6 is 0 Å². The van der Waals surface area contributed by atoms with Gasteiger partial charge in [0.25, 0.3) is 0 Å². The highest BCUT2D eigenvalue weighted by molar-refractivity contribution is 5.72. The monoisotopic (exact) mass is 438 g/mol. The van der Waals surface area contributed by atoms with Gasteiger partial charge in [0, 0.05) is 18.8 Å². The first kappa shape index (κ1) is 25.6. The lowest BCUT2D eigenvalue weighted by atomic mass is 9.66. The van der Waals surface area contributed by atoms with Crippen LogP contribution in [0, 0.1) is 29.6 Å². The summed E-state index contributed by atoms with van der Waals surface area (Å²) in [6, 6.07) is 0. The molecule has 31 heavy (non-hydrogen) atoms. The fourth-order valence-corrected chi connectivity index (χ4v) is 4.57. The summed E-state index contributed by atoms with van der Waals surface area (Å²) in [6.07, 6.45) is 4.95. The zero-order valence-electron chi connectivity index (χ0n) is 19.0. The van der Waals surface area contributed by atoms with Crippen LogP contribution in [0.2, 0.25) is 0 Å². The molecule has 9 atom stereocenters. The van der Waals surface area contributed by atoms with Gasteiger partial charge in [-0.15, -0.1) is 0 Å². The average Bonchev–Trinajstić information content (AvgIpc) is 2.71. The number of fused-ring (bicyclic) bond motifs is 1. The molecule has 0 aliphatic heterocycles. The molecular weight excluding hydrogens is 400 g/mol. The second-order valence-corrected chi connectivity index (χ2v) is 9.32. The van der Waals surface area contributed by atoms with Crippen LogP contribution in [0.1, 0.15) is 59.8 Å². The van der Waals surface area contributed by atoms with Crippen LogP contribution in [0.4, 0.5) is 0 Å². The minimum atomic E-state index is -1.11. The first-order valence-corrected chi connectivity index (χ1v) is 11.4. The van der Waals surface area contributed by atoms with Crippen molar-refractivity contribution in [3.8, 4) is 0 Å². The molecule has 0 radical (unpaired) electrons. The molecule has 0 spiro atoms. The Kier molecular flexibility index (Phi) is 9.28. The number of carboxylic acid groups (broad SMARTS) is 1. The van der Waals surface area contributed by atoms with Crippen LogP contribution in [0.5, 0.6) is 0 Å². The molecule has 2 aliphatic carbocycles. The molecular formula is C24H38O7. The van der Waals surface area contributed by atoms with Gasteiger partial charge in [-0.1, -0.05) is 39.0 Å². The van der Waals surface area contributed by atoms with Crippen molar-refractivity contribution in [1.29, 1.82) is 0 Å². The Hall–Kier alpha value is -1.70. The summed E-state index contributed by atoms with van der Waals surface area (Å²) in [7, 11) is 0. The van der Waals surface area contributed by atoms with E-state index in [4.69, 9.17) is 9.84 Å². The quantitative estimate of drug-likeness (QED) is 0.387. The maximum atomic E-state index is 12.5. The molecule has 7 heteroatoms. The van der Waals surface area contributed by atoms with Gasteiger partial charge in [0.05, 0.1) is 30.1 Å². The number of hydrogen-bond donors (Lipinski definition) is 4. The summed E-state index contributed by atoms with van der Waals surface area (Å²) in [5.41, 5.74) is 0.956. The first-order valence-electron chi connectivity index (χ1n) is 11.4. The number of esters is 1. The second kappa shape index (κ2) is 11.2. The van der Waals surface area contributed by atoms with Crippen LogP contribution < -0.4 is 0 Å². The van der Waals surface area contributed by atoms with E-state index in [1.54, 1.807) is 0 Å². The molecule has 0 bridgehead atoms. The third-order valence-electron chi connectivity index (χ3n) is 6.97. The lowest BCUT2D eigenvalue weighted by Gasteiger charge is -2.43.